The number of benzene rings is 1. The van der Waals surface area contributed by atoms with Gasteiger partial charge in [-0.1, -0.05) is 23.7 Å². The molecule has 0 atom stereocenters. The highest BCUT2D eigenvalue weighted by atomic mass is 35.5. The maximum absolute atomic E-state index is 12.5. The van der Waals surface area contributed by atoms with Crippen LogP contribution in [0.3, 0.4) is 0 Å². The molecule has 0 spiro atoms. The molecule has 182 valence electrons. The molecule has 0 fully saturated rings. The number of anilines is 1. The molecule has 0 unspecified atom stereocenters. The van der Waals surface area contributed by atoms with Gasteiger partial charge < -0.3 is 8.92 Å². The third-order valence-electron chi connectivity index (χ3n) is 5.04. The van der Waals surface area contributed by atoms with Crippen LogP contribution in [0.15, 0.2) is 30.5 Å². The third-order valence-corrected chi connectivity index (χ3v) is 6.26. The number of urea groups is 1. The van der Waals surface area contributed by atoms with Gasteiger partial charge in [0.1, 0.15) is 22.2 Å². The quantitative estimate of drug-likeness (QED) is 0.463. The van der Waals surface area contributed by atoms with Crippen LogP contribution in [0.4, 0.5) is 10.6 Å². The Morgan fingerprint density at radius 3 is 2.74 bits per heavy atom. The van der Waals surface area contributed by atoms with Gasteiger partial charge in [-0.15, -0.1) is 0 Å². The summed E-state index contributed by atoms with van der Waals surface area (Å²) in [6, 6.07) is 6.04. The molecule has 1 aromatic carbocycles. The summed E-state index contributed by atoms with van der Waals surface area (Å²) in [6.45, 7) is 0.660. The molecule has 1 aliphatic heterocycles. The number of halogens is 1. The Hall–Kier alpha value is -4.09. The molecule has 0 aliphatic carbocycles. The number of carbonyl (C=O) groups is 2. The average Bonchev–Trinajstić information content (AvgIpc) is 3.38. The van der Waals surface area contributed by atoms with Gasteiger partial charge in [-0.3, -0.25) is 10.00 Å². The first kappa shape index (κ1) is 24.0. The zero-order valence-electron chi connectivity index (χ0n) is 18.2. The summed E-state index contributed by atoms with van der Waals surface area (Å²) in [4.78, 5) is 24.4. The molecule has 0 radical (unpaired) electrons. The lowest BCUT2D eigenvalue weighted by Gasteiger charge is -2.12. The fourth-order valence-corrected chi connectivity index (χ4v) is 4.50. The van der Waals surface area contributed by atoms with Crippen molar-refractivity contribution >= 4 is 39.7 Å². The van der Waals surface area contributed by atoms with Crippen molar-refractivity contribution in [2.45, 2.75) is 25.8 Å². The first-order valence-corrected chi connectivity index (χ1v) is 12.0. The summed E-state index contributed by atoms with van der Waals surface area (Å²) in [6.07, 6.45) is 3.77. The molecule has 2 aromatic heterocycles. The lowest BCUT2D eigenvalue weighted by Crippen LogP contribution is -2.38. The van der Waals surface area contributed by atoms with E-state index in [1.54, 1.807) is 9.40 Å². The number of methoxy groups -OCH3 is 1. The predicted octanol–water partition coefficient (Wildman–Crippen LogP) is 2.16. The Morgan fingerprint density at radius 2 is 2.03 bits per heavy atom. The summed E-state index contributed by atoms with van der Waals surface area (Å²) < 4.78 is 38.8. The Bertz CT molecular complexity index is 1460. The molecule has 1 aliphatic rings. The minimum Gasteiger partial charge on any atom is -0.465 e. The topological polar surface area (TPSA) is 170 Å². The molecule has 2 N–H and O–H groups in total. The number of aryl methyl sites for hydroxylation is 1. The van der Waals surface area contributed by atoms with E-state index in [1.165, 1.54) is 30.5 Å². The van der Waals surface area contributed by atoms with E-state index in [0.717, 1.165) is 30.3 Å². The lowest BCUT2D eigenvalue weighted by atomic mass is 10.1. The van der Waals surface area contributed by atoms with Crippen molar-refractivity contribution < 1.29 is 26.9 Å². The summed E-state index contributed by atoms with van der Waals surface area (Å²) in [5.41, 5.74) is 0.582. The van der Waals surface area contributed by atoms with Crippen molar-refractivity contribution in [2.24, 2.45) is 0 Å². The van der Waals surface area contributed by atoms with E-state index in [0.29, 0.717) is 18.0 Å². The molecular weight excluding hydrogens is 502 g/mol. The molecule has 35 heavy (non-hydrogen) atoms. The number of nitrogens with one attached hydrogen (secondary N) is 2. The van der Waals surface area contributed by atoms with Crippen molar-refractivity contribution in [3.63, 3.8) is 0 Å². The molecule has 13 nitrogen and oxygen atoms in total. The van der Waals surface area contributed by atoms with Crippen molar-refractivity contribution in [3.05, 3.63) is 52.3 Å². The number of amides is 2. The second kappa shape index (κ2) is 9.65. The first-order valence-electron chi connectivity index (χ1n) is 10.2. The molecule has 2 amide bonds. The number of aromatic nitrogens is 4. The van der Waals surface area contributed by atoms with Crippen LogP contribution >= 0.6 is 11.6 Å². The van der Waals surface area contributed by atoms with Gasteiger partial charge in [0, 0.05) is 6.54 Å². The summed E-state index contributed by atoms with van der Waals surface area (Å²) >= 11 is 6.48. The van der Waals surface area contributed by atoms with Crippen LogP contribution in [0.25, 0.3) is 5.82 Å². The van der Waals surface area contributed by atoms with Gasteiger partial charge in [-0.05, 0) is 31.4 Å². The lowest BCUT2D eigenvalue weighted by molar-refractivity contribution is 0.0599. The zero-order valence-corrected chi connectivity index (χ0v) is 19.8. The van der Waals surface area contributed by atoms with E-state index in [2.05, 4.69) is 20.3 Å². The van der Waals surface area contributed by atoms with Crippen LogP contribution in [-0.2, 0) is 28.0 Å². The second-order valence-corrected chi connectivity index (χ2v) is 8.93. The minimum atomic E-state index is -4.74. The van der Waals surface area contributed by atoms with Gasteiger partial charge in [0.15, 0.2) is 17.4 Å². The van der Waals surface area contributed by atoms with Crippen molar-refractivity contribution in [3.8, 4) is 17.6 Å². The van der Waals surface area contributed by atoms with E-state index >= 15 is 0 Å². The number of rotatable bonds is 6. The van der Waals surface area contributed by atoms with E-state index in [9.17, 15) is 23.3 Å². The number of hydrogen-bond acceptors (Lipinski definition) is 9. The SMILES string of the molecule is COC(=O)c1ccccc1OS(=O)(=O)NC(=O)Nc1c(C#N)cnn1-c1nn2c(c1Cl)CCCC2. The highest BCUT2D eigenvalue weighted by molar-refractivity contribution is 7.85. The number of nitriles is 1. The maximum Gasteiger partial charge on any atom is 0.411 e. The molecule has 3 aromatic rings. The molecule has 3 heterocycles. The number of nitrogens with zero attached hydrogens (tertiary/aromatic N) is 5. The Kier molecular flexibility index (Phi) is 6.63. The third kappa shape index (κ3) is 4.91. The number of ether oxygens (including phenoxy) is 1. The largest absolute Gasteiger partial charge is 0.465 e. The van der Waals surface area contributed by atoms with Gasteiger partial charge in [0.2, 0.25) is 0 Å². The highest BCUT2D eigenvalue weighted by Gasteiger charge is 2.26. The molecule has 0 saturated carbocycles. The van der Waals surface area contributed by atoms with Crippen LogP contribution in [0, 0.1) is 11.3 Å². The Morgan fingerprint density at radius 1 is 1.26 bits per heavy atom. The molecule has 15 heteroatoms. The fourth-order valence-electron chi connectivity index (χ4n) is 3.49. The van der Waals surface area contributed by atoms with Gasteiger partial charge in [-0.2, -0.15) is 28.6 Å². The number of fused-ring (bicyclic) bond motifs is 1. The Labute approximate surface area is 204 Å². The van der Waals surface area contributed by atoms with Crippen molar-refractivity contribution in [1.82, 2.24) is 24.3 Å². The normalized spacial score (nSPS) is 12.8. The standard InChI is InChI=1S/C20H18ClN7O6S/c1-33-19(29)13-6-2-3-8-15(13)34-35(31,32)26-20(30)24-17-12(10-22)11-23-28(17)18-16(21)14-7-4-5-9-27(14)25-18/h2-3,6,8,11H,4-5,7,9H2,1H3,(H2,24,26,30). The van der Waals surface area contributed by atoms with Gasteiger partial charge >= 0.3 is 22.3 Å². The van der Waals surface area contributed by atoms with Gasteiger partial charge in [0.05, 0.1) is 19.0 Å². The van der Waals surface area contributed by atoms with E-state index in [-0.39, 0.29) is 28.5 Å². The van der Waals surface area contributed by atoms with Crippen molar-refractivity contribution in [2.75, 3.05) is 12.4 Å². The van der Waals surface area contributed by atoms with Crippen LogP contribution < -0.4 is 14.2 Å². The number of hydrogen-bond donors (Lipinski definition) is 2. The van der Waals surface area contributed by atoms with Crippen LogP contribution in [0.2, 0.25) is 5.02 Å². The smallest absolute Gasteiger partial charge is 0.411 e. The molecular formula is C20H18ClN7O6S. The summed E-state index contributed by atoms with van der Waals surface area (Å²) in [5.74, 6) is -1.14. The van der Waals surface area contributed by atoms with Crippen LogP contribution in [-0.4, -0.2) is 47.1 Å². The van der Waals surface area contributed by atoms with E-state index < -0.39 is 22.3 Å². The van der Waals surface area contributed by atoms with Crippen molar-refractivity contribution in [1.29, 1.82) is 5.26 Å². The number of para-hydroxylation sites is 1. The summed E-state index contributed by atoms with van der Waals surface area (Å²) in [5, 5.41) is 20.5. The van der Waals surface area contributed by atoms with Gasteiger partial charge in [-0.25, -0.2) is 14.3 Å². The molecule has 0 bridgehead atoms. The Balaban J connectivity index is 1.57. The van der Waals surface area contributed by atoms with Crippen LogP contribution in [0.1, 0.15) is 34.5 Å². The van der Waals surface area contributed by atoms with Gasteiger partial charge in [0.25, 0.3) is 0 Å². The minimum absolute atomic E-state index is 0.0588. The number of esters is 1. The second-order valence-electron chi connectivity index (χ2n) is 7.28. The predicted molar refractivity (Wildman–Crippen MR) is 121 cm³/mol. The molecule has 0 saturated heterocycles. The fraction of sp³-hybridized carbons (Fsp3) is 0.250. The van der Waals surface area contributed by atoms with E-state index in [4.69, 9.17) is 15.8 Å². The highest BCUT2D eigenvalue weighted by Crippen LogP contribution is 2.31. The first-order chi connectivity index (χ1) is 16.7. The number of carbonyl (C=O) groups excluding carboxylic acids is 2. The average molecular weight is 520 g/mol. The summed E-state index contributed by atoms with van der Waals surface area (Å²) in [7, 11) is -3.61. The monoisotopic (exact) mass is 519 g/mol. The maximum atomic E-state index is 12.5. The molecule has 4 rings (SSSR count). The van der Waals surface area contributed by atoms with Crippen LogP contribution in [0.5, 0.6) is 5.75 Å². The van der Waals surface area contributed by atoms with E-state index in [1.807, 2.05) is 6.07 Å². The zero-order chi connectivity index (χ0) is 25.2.